The second-order valence-electron chi connectivity index (χ2n) is 5.67. The van der Waals surface area contributed by atoms with Crippen LogP contribution in [-0.4, -0.2) is 15.8 Å². The van der Waals surface area contributed by atoms with E-state index in [1.165, 1.54) is 30.5 Å². The Hall–Kier alpha value is -1.61. The number of nitrogens with one attached hydrogen (secondary N) is 1. The maximum Gasteiger partial charge on any atom is 0.0648 e. The average molecular weight is 285 g/mol. The molecule has 0 radical (unpaired) electrons. The highest BCUT2D eigenvalue weighted by Crippen LogP contribution is 2.18. The van der Waals surface area contributed by atoms with E-state index in [1.807, 2.05) is 10.7 Å². The Labute approximate surface area is 128 Å². The van der Waals surface area contributed by atoms with Gasteiger partial charge in [-0.05, 0) is 38.8 Å². The molecule has 0 spiro atoms. The van der Waals surface area contributed by atoms with E-state index >= 15 is 0 Å². The summed E-state index contributed by atoms with van der Waals surface area (Å²) in [6.45, 7) is 9.66. The number of aromatic nitrogens is 2. The molecule has 1 aromatic carbocycles. The minimum absolute atomic E-state index is 0.605. The minimum atomic E-state index is 0.605. The van der Waals surface area contributed by atoms with Gasteiger partial charge < -0.3 is 5.32 Å². The fraction of sp³-hybridized carbons (Fsp3) is 0.500. The Morgan fingerprint density at radius 3 is 2.48 bits per heavy atom. The van der Waals surface area contributed by atoms with Crippen molar-refractivity contribution in [3.63, 3.8) is 0 Å². The van der Waals surface area contributed by atoms with E-state index in [9.17, 15) is 0 Å². The smallest absolute Gasteiger partial charge is 0.0648 e. The molecule has 21 heavy (non-hydrogen) atoms. The molecule has 3 heteroatoms. The van der Waals surface area contributed by atoms with Gasteiger partial charge in [-0.2, -0.15) is 5.10 Å². The highest BCUT2D eigenvalue weighted by molar-refractivity contribution is 5.36. The lowest BCUT2D eigenvalue weighted by Crippen LogP contribution is -2.28. The van der Waals surface area contributed by atoms with E-state index in [0.29, 0.717) is 6.04 Å². The highest BCUT2D eigenvalue weighted by Gasteiger charge is 2.13. The average Bonchev–Trinajstić information content (AvgIpc) is 2.79. The molecule has 2 aromatic rings. The Kier molecular flexibility index (Phi) is 5.57. The van der Waals surface area contributed by atoms with Crippen LogP contribution in [0.3, 0.4) is 0 Å². The molecule has 2 rings (SSSR count). The normalized spacial score (nSPS) is 12.6. The molecule has 114 valence electrons. The molecule has 0 saturated carbocycles. The molecule has 1 atom stereocenters. The van der Waals surface area contributed by atoms with Crippen molar-refractivity contribution < 1.29 is 0 Å². The summed E-state index contributed by atoms with van der Waals surface area (Å²) in [5, 5.41) is 8.39. The van der Waals surface area contributed by atoms with Crippen LogP contribution in [0.4, 0.5) is 0 Å². The summed E-state index contributed by atoms with van der Waals surface area (Å²) < 4.78 is 2.05. The molecule has 1 unspecified atom stereocenters. The molecule has 1 aromatic heterocycles. The van der Waals surface area contributed by atoms with Crippen molar-refractivity contribution in [2.45, 2.75) is 59.5 Å². The van der Waals surface area contributed by atoms with Crippen LogP contribution in [0, 0.1) is 13.8 Å². The predicted octanol–water partition coefficient (Wildman–Crippen LogP) is 4.16. The lowest BCUT2D eigenvalue weighted by molar-refractivity contribution is 0.461. The van der Waals surface area contributed by atoms with Crippen LogP contribution in [0.5, 0.6) is 0 Å². The highest BCUT2D eigenvalue weighted by atomic mass is 15.3. The number of aryl methyl sites for hydroxylation is 1. The summed E-state index contributed by atoms with van der Waals surface area (Å²) >= 11 is 0. The van der Waals surface area contributed by atoms with Gasteiger partial charge in [-0.1, -0.05) is 38.5 Å². The van der Waals surface area contributed by atoms with Gasteiger partial charge in [0, 0.05) is 23.8 Å². The van der Waals surface area contributed by atoms with E-state index in [-0.39, 0.29) is 0 Å². The third kappa shape index (κ3) is 3.73. The van der Waals surface area contributed by atoms with E-state index in [4.69, 9.17) is 5.10 Å². The Morgan fingerprint density at radius 2 is 1.86 bits per heavy atom. The standard InChI is InChI=1S/C18H27N3/c1-5-10-16(6-2)19-13-18-14(3)20-21(15(18)4)17-11-8-7-9-12-17/h7-9,11-12,16,19H,5-6,10,13H2,1-4H3. The number of nitrogens with zero attached hydrogens (tertiary/aromatic N) is 2. The summed E-state index contributed by atoms with van der Waals surface area (Å²) in [5.74, 6) is 0. The van der Waals surface area contributed by atoms with Gasteiger partial charge in [0.05, 0.1) is 11.4 Å². The van der Waals surface area contributed by atoms with Crippen molar-refractivity contribution in [2.75, 3.05) is 0 Å². The molecule has 0 aliphatic carbocycles. The predicted molar refractivity (Wildman–Crippen MR) is 88.9 cm³/mol. The van der Waals surface area contributed by atoms with Gasteiger partial charge in [-0.3, -0.25) is 0 Å². The third-order valence-corrected chi connectivity index (χ3v) is 4.14. The van der Waals surface area contributed by atoms with Gasteiger partial charge in [-0.15, -0.1) is 0 Å². The molecule has 3 nitrogen and oxygen atoms in total. The van der Waals surface area contributed by atoms with Crippen LogP contribution in [-0.2, 0) is 6.54 Å². The van der Waals surface area contributed by atoms with Crippen LogP contribution in [0.15, 0.2) is 30.3 Å². The zero-order chi connectivity index (χ0) is 15.2. The van der Waals surface area contributed by atoms with Gasteiger partial charge >= 0.3 is 0 Å². The fourth-order valence-corrected chi connectivity index (χ4v) is 2.80. The van der Waals surface area contributed by atoms with Crippen molar-refractivity contribution in [2.24, 2.45) is 0 Å². The maximum atomic E-state index is 4.71. The van der Waals surface area contributed by atoms with Gasteiger partial charge in [0.25, 0.3) is 0 Å². The Bertz CT molecular complexity index is 557. The molecule has 1 heterocycles. The molecule has 0 bridgehead atoms. The summed E-state index contributed by atoms with van der Waals surface area (Å²) in [5.41, 5.74) is 4.81. The van der Waals surface area contributed by atoms with Gasteiger partial charge in [0.2, 0.25) is 0 Å². The summed E-state index contributed by atoms with van der Waals surface area (Å²) in [6.07, 6.45) is 3.65. The van der Waals surface area contributed by atoms with E-state index in [0.717, 1.165) is 17.9 Å². The first-order chi connectivity index (χ1) is 10.2. The van der Waals surface area contributed by atoms with Crippen LogP contribution >= 0.6 is 0 Å². The molecule has 0 amide bonds. The van der Waals surface area contributed by atoms with E-state index in [1.54, 1.807) is 0 Å². The maximum absolute atomic E-state index is 4.71. The van der Waals surface area contributed by atoms with Crippen LogP contribution in [0.1, 0.15) is 50.1 Å². The number of para-hydroxylation sites is 1. The lowest BCUT2D eigenvalue weighted by Gasteiger charge is -2.16. The molecular weight excluding hydrogens is 258 g/mol. The zero-order valence-corrected chi connectivity index (χ0v) is 13.7. The van der Waals surface area contributed by atoms with E-state index < -0.39 is 0 Å². The van der Waals surface area contributed by atoms with Crippen LogP contribution < -0.4 is 5.32 Å². The van der Waals surface area contributed by atoms with Gasteiger partial charge in [-0.25, -0.2) is 4.68 Å². The first-order valence-electron chi connectivity index (χ1n) is 8.01. The first-order valence-corrected chi connectivity index (χ1v) is 8.01. The number of hydrogen-bond acceptors (Lipinski definition) is 2. The molecule has 0 aliphatic rings. The van der Waals surface area contributed by atoms with Crippen molar-refractivity contribution in [3.8, 4) is 5.69 Å². The van der Waals surface area contributed by atoms with Crippen molar-refractivity contribution in [1.82, 2.24) is 15.1 Å². The second kappa shape index (κ2) is 7.41. The quantitative estimate of drug-likeness (QED) is 0.828. The van der Waals surface area contributed by atoms with Crippen LogP contribution in [0.2, 0.25) is 0 Å². The lowest BCUT2D eigenvalue weighted by atomic mass is 10.1. The molecular formula is C18H27N3. The summed E-state index contributed by atoms with van der Waals surface area (Å²) in [6, 6.07) is 10.9. The van der Waals surface area contributed by atoms with Gasteiger partial charge in [0.15, 0.2) is 0 Å². The monoisotopic (exact) mass is 285 g/mol. The van der Waals surface area contributed by atoms with Gasteiger partial charge in [0.1, 0.15) is 0 Å². The SMILES string of the molecule is CCCC(CC)NCc1c(C)nn(-c2ccccc2)c1C. The van der Waals surface area contributed by atoms with E-state index in [2.05, 4.69) is 57.3 Å². The molecule has 1 N–H and O–H groups in total. The van der Waals surface area contributed by atoms with Crippen molar-refractivity contribution in [3.05, 3.63) is 47.3 Å². The van der Waals surface area contributed by atoms with Crippen molar-refractivity contribution in [1.29, 1.82) is 0 Å². The Balaban J connectivity index is 2.16. The summed E-state index contributed by atoms with van der Waals surface area (Å²) in [4.78, 5) is 0. The molecule has 0 fully saturated rings. The fourth-order valence-electron chi connectivity index (χ4n) is 2.80. The Morgan fingerprint density at radius 1 is 1.14 bits per heavy atom. The number of benzene rings is 1. The minimum Gasteiger partial charge on any atom is -0.310 e. The topological polar surface area (TPSA) is 29.9 Å². The second-order valence-corrected chi connectivity index (χ2v) is 5.67. The summed E-state index contributed by atoms with van der Waals surface area (Å²) in [7, 11) is 0. The zero-order valence-electron chi connectivity index (χ0n) is 13.7. The number of hydrogen-bond donors (Lipinski definition) is 1. The molecule has 0 aliphatic heterocycles. The third-order valence-electron chi connectivity index (χ3n) is 4.14. The molecule has 0 saturated heterocycles. The number of rotatable bonds is 7. The first kappa shape index (κ1) is 15.8. The van der Waals surface area contributed by atoms with Crippen LogP contribution in [0.25, 0.3) is 5.69 Å². The largest absolute Gasteiger partial charge is 0.310 e. The van der Waals surface area contributed by atoms with Crippen molar-refractivity contribution >= 4 is 0 Å².